The van der Waals surface area contributed by atoms with Crippen molar-refractivity contribution in [2.75, 3.05) is 0 Å². The van der Waals surface area contributed by atoms with Crippen molar-refractivity contribution < 1.29 is 26.8 Å². The van der Waals surface area contributed by atoms with Crippen LogP contribution in [0.25, 0.3) is 0 Å². The highest BCUT2D eigenvalue weighted by Crippen LogP contribution is 2.27. The number of aromatic nitrogens is 2. The van der Waals surface area contributed by atoms with Gasteiger partial charge in [-0.1, -0.05) is 5.16 Å². The third-order valence-electron chi connectivity index (χ3n) is 2.46. The van der Waals surface area contributed by atoms with Gasteiger partial charge in [0.25, 0.3) is 5.89 Å². The van der Waals surface area contributed by atoms with Gasteiger partial charge in [-0.25, -0.2) is 8.78 Å². The molecule has 0 spiro atoms. The van der Waals surface area contributed by atoms with Gasteiger partial charge in [-0.3, -0.25) is 0 Å². The molecule has 0 saturated heterocycles. The summed E-state index contributed by atoms with van der Waals surface area (Å²) >= 11 is 0. The van der Waals surface area contributed by atoms with E-state index in [1.165, 1.54) is 0 Å². The Balaban J connectivity index is 2.19. The van der Waals surface area contributed by atoms with Crippen LogP contribution in [0.4, 0.5) is 17.6 Å². The lowest BCUT2D eigenvalue weighted by Crippen LogP contribution is -2.30. The Labute approximate surface area is 116 Å². The molecule has 0 saturated carbocycles. The molecule has 0 aliphatic heterocycles. The van der Waals surface area contributed by atoms with Crippen LogP contribution in [-0.4, -0.2) is 10.1 Å². The average molecular weight is 305 g/mol. The maximum atomic E-state index is 13.3. The monoisotopic (exact) mass is 305 g/mol. The fourth-order valence-electron chi connectivity index (χ4n) is 1.39. The van der Waals surface area contributed by atoms with Gasteiger partial charge in [-0.2, -0.15) is 13.8 Å². The van der Waals surface area contributed by atoms with Gasteiger partial charge in [-0.15, -0.1) is 0 Å². The van der Waals surface area contributed by atoms with Gasteiger partial charge in [-0.05, 0) is 13.8 Å². The van der Waals surface area contributed by atoms with Crippen molar-refractivity contribution in [3.05, 3.63) is 41.1 Å². The molecule has 0 aliphatic rings. The van der Waals surface area contributed by atoms with Crippen LogP contribution in [0.15, 0.2) is 10.6 Å². The topological polar surface area (TPSA) is 74.2 Å². The number of benzene rings is 1. The van der Waals surface area contributed by atoms with Crippen LogP contribution in [0.3, 0.4) is 0 Å². The Morgan fingerprint density at radius 3 is 2.24 bits per heavy atom. The van der Waals surface area contributed by atoms with Crippen molar-refractivity contribution in [1.29, 1.82) is 0 Å². The Hall–Kier alpha value is -2.16. The average Bonchev–Trinajstić information content (AvgIpc) is 2.85. The molecule has 114 valence electrons. The SMILES string of the molecule is CC(C)(N)c1noc(COc2c(F)c(F)cc(F)c2F)n1. The third-order valence-corrected chi connectivity index (χ3v) is 2.46. The van der Waals surface area contributed by atoms with Crippen LogP contribution in [0.1, 0.15) is 25.6 Å². The molecule has 9 heteroatoms. The summed E-state index contributed by atoms with van der Waals surface area (Å²) in [4.78, 5) is 3.84. The molecule has 0 aliphatic carbocycles. The van der Waals surface area contributed by atoms with Crippen LogP contribution in [0.2, 0.25) is 0 Å². The molecule has 2 aromatic rings. The molecular formula is C12H11F4N3O2. The number of rotatable bonds is 4. The number of halogens is 4. The first-order valence-corrected chi connectivity index (χ1v) is 5.78. The number of nitrogens with two attached hydrogens (primary N) is 1. The molecule has 21 heavy (non-hydrogen) atoms. The van der Waals surface area contributed by atoms with E-state index in [0.29, 0.717) is 0 Å². The van der Waals surface area contributed by atoms with Crippen LogP contribution < -0.4 is 10.5 Å². The van der Waals surface area contributed by atoms with Crippen molar-refractivity contribution in [3.63, 3.8) is 0 Å². The summed E-state index contributed by atoms with van der Waals surface area (Å²) in [7, 11) is 0. The molecule has 0 bridgehead atoms. The summed E-state index contributed by atoms with van der Waals surface area (Å²) in [5.74, 6) is -7.63. The lowest BCUT2D eigenvalue weighted by molar-refractivity contribution is 0.218. The van der Waals surface area contributed by atoms with E-state index in [2.05, 4.69) is 14.9 Å². The van der Waals surface area contributed by atoms with Crippen LogP contribution >= 0.6 is 0 Å². The molecule has 0 radical (unpaired) electrons. The standard InChI is InChI=1S/C12H11F4N3O2/c1-12(2,17)11-18-7(21-19-11)4-20-10-8(15)5(13)3-6(14)9(10)16/h3H,4,17H2,1-2H3. The van der Waals surface area contributed by atoms with Crippen LogP contribution in [0, 0.1) is 23.3 Å². The van der Waals surface area contributed by atoms with E-state index in [4.69, 9.17) is 10.3 Å². The number of hydrogen-bond donors (Lipinski definition) is 1. The summed E-state index contributed by atoms with van der Waals surface area (Å²) in [5.41, 5.74) is 4.83. The molecule has 0 amide bonds. The first kappa shape index (κ1) is 15.2. The zero-order valence-electron chi connectivity index (χ0n) is 11.1. The lowest BCUT2D eigenvalue weighted by atomic mass is 10.1. The van der Waals surface area contributed by atoms with E-state index in [1.807, 2.05) is 0 Å². The lowest BCUT2D eigenvalue weighted by Gasteiger charge is -2.11. The third kappa shape index (κ3) is 3.13. The summed E-state index contributed by atoms with van der Waals surface area (Å²) < 4.78 is 62.1. The van der Waals surface area contributed by atoms with Crippen LogP contribution in [-0.2, 0) is 12.1 Å². The Morgan fingerprint density at radius 1 is 1.19 bits per heavy atom. The summed E-state index contributed by atoms with van der Waals surface area (Å²) in [6.45, 7) is 2.66. The summed E-state index contributed by atoms with van der Waals surface area (Å²) in [5, 5.41) is 3.55. The highest BCUT2D eigenvalue weighted by molar-refractivity contribution is 5.28. The molecule has 0 atom stereocenters. The predicted octanol–water partition coefficient (Wildman–Crippen LogP) is 2.40. The fraction of sp³-hybridized carbons (Fsp3) is 0.333. The molecule has 1 heterocycles. The molecule has 1 aromatic heterocycles. The van der Waals surface area contributed by atoms with Crippen molar-refractivity contribution in [3.8, 4) is 5.75 Å². The molecule has 5 nitrogen and oxygen atoms in total. The molecular weight excluding hydrogens is 294 g/mol. The van der Waals surface area contributed by atoms with Crippen molar-refractivity contribution in [2.45, 2.75) is 26.0 Å². The first-order chi connectivity index (χ1) is 9.70. The van der Waals surface area contributed by atoms with E-state index >= 15 is 0 Å². The second kappa shape index (κ2) is 5.32. The Bertz CT molecular complexity index is 641. The smallest absolute Gasteiger partial charge is 0.264 e. The number of hydrogen-bond acceptors (Lipinski definition) is 5. The largest absolute Gasteiger partial charge is 0.477 e. The van der Waals surface area contributed by atoms with E-state index in [1.54, 1.807) is 13.8 Å². The van der Waals surface area contributed by atoms with E-state index in [0.717, 1.165) is 0 Å². The van der Waals surface area contributed by atoms with E-state index < -0.39 is 41.2 Å². The number of nitrogens with zero attached hydrogens (tertiary/aromatic N) is 2. The van der Waals surface area contributed by atoms with E-state index in [9.17, 15) is 17.6 Å². The van der Waals surface area contributed by atoms with Gasteiger partial charge in [0, 0.05) is 6.07 Å². The zero-order valence-corrected chi connectivity index (χ0v) is 11.1. The van der Waals surface area contributed by atoms with Gasteiger partial charge >= 0.3 is 0 Å². The molecule has 0 unspecified atom stereocenters. The predicted molar refractivity (Wildman–Crippen MR) is 62.1 cm³/mol. The maximum absolute atomic E-state index is 13.3. The summed E-state index contributed by atoms with van der Waals surface area (Å²) in [6.07, 6.45) is 0. The quantitative estimate of drug-likeness (QED) is 0.693. The Kier molecular flexibility index (Phi) is 3.86. The highest BCUT2D eigenvalue weighted by Gasteiger charge is 2.24. The number of ether oxygens (including phenoxy) is 1. The molecule has 2 rings (SSSR count). The first-order valence-electron chi connectivity index (χ1n) is 5.78. The highest BCUT2D eigenvalue weighted by atomic mass is 19.2. The van der Waals surface area contributed by atoms with Crippen molar-refractivity contribution in [1.82, 2.24) is 10.1 Å². The molecule has 2 N–H and O–H groups in total. The van der Waals surface area contributed by atoms with Crippen molar-refractivity contribution in [2.24, 2.45) is 5.73 Å². The Morgan fingerprint density at radius 2 is 1.76 bits per heavy atom. The molecule has 1 aromatic carbocycles. The normalized spacial score (nSPS) is 11.8. The fourth-order valence-corrected chi connectivity index (χ4v) is 1.39. The minimum atomic E-state index is -1.65. The van der Waals surface area contributed by atoms with Gasteiger partial charge in [0.15, 0.2) is 29.8 Å². The van der Waals surface area contributed by atoms with Gasteiger partial charge in [0.05, 0.1) is 5.54 Å². The van der Waals surface area contributed by atoms with Crippen molar-refractivity contribution >= 4 is 0 Å². The maximum Gasteiger partial charge on any atom is 0.264 e. The molecule has 0 fully saturated rings. The van der Waals surface area contributed by atoms with E-state index in [-0.39, 0.29) is 17.8 Å². The minimum Gasteiger partial charge on any atom is -0.477 e. The summed E-state index contributed by atoms with van der Waals surface area (Å²) in [6, 6.07) is 0.0826. The van der Waals surface area contributed by atoms with Gasteiger partial charge < -0.3 is 15.0 Å². The minimum absolute atomic E-state index is 0.0826. The zero-order chi connectivity index (χ0) is 15.8. The second-order valence-corrected chi connectivity index (χ2v) is 4.82. The van der Waals surface area contributed by atoms with Gasteiger partial charge in [0.1, 0.15) is 0 Å². The van der Waals surface area contributed by atoms with Gasteiger partial charge in [0.2, 0.25) is 11.6 Å². The second-order valence-electron chi connectivity index (χ2n) is 4.82. The van der Waals surface area contributed by atoms with Crippen LogP contribution in [0.5, 0.6) is 5.75 Å².